The predicted molar refractivity (Wildman–Crippen MR) is 81.2 cm³/mol. The van der Waals surface area contributed by atoms with E-state index in [1.807, 2.05) is 26.0 Å². The number of rotatable bonds is 8. The molecule has 0 fully saturated rings. The fourth-order valence-electron chi connectivity index (χ4n) is 2.34. The van der Waals surface area contributed by atoms with Gasteiger partial charge >= 0.3 is 0 Å². The van der Waals surface area contributed by atoms with Gasteiger partial charge in [-0.25, -0.2) is 8.42 Å². The molecule has 0 N–H and O–H groups in total. The normalized spacial score (nSPS) is 12.0. The molecule has 0 radical (unpaired) electrons. The van der Waals surface area contributed by atoms with Crippen molar-refractivity contribution in [1.29, 1.82) is 0 Å². The number of unbranched alkanes of at least 4 members (excludes halogenated alkanes) is 2. The molecular weight excluding hydrogens is 256 g/mol. The number of hydrogen-bond donors (Lipinski definition) is 0. The quantitative estimate of drug-likeness (QED) is 0.663. The number of aryl methyl sites for hydroxylation is 1. The van der Waals surface area contributed by atoms with Gasteiger partial charge in [0.05, 0.1) is 10.1 Å². The number of benzene rings is 1. The standard InChI is InChI=1S/C16H26O2S/c1-4-7-8-9-14-10-12-16(13-11-14)19(17,18)15(5-2)6-3/h10-13,15H,4-9H2,1-3H3. The van der Waals surface area contributed by atoms with Gasteiger partial charge in [0, 0.05) is 0 Å². The summed E-state index contributed by atoms with van der Waals surface area (Å²) in [4.78, 5) is 0.473. The topological polar surface area (TPSA) is 34.1 Å². The highest BCUT2D eigenvalue weighted by Crippen LogP contribution is 2.21. The molecule has 1 aromatic carbocycles. The first-order chi connectivity index (χ1) is 9.06. The molecule has 0 aliphatic carbocycles. The van der Waals surface area contributed by atoms with Crippen LogP contribution in [0.2, 0.25) is 0 Å². The molecule has 0 amide bonds. The Morgan fingerprint density at radius 2 is 1.53 bits per heavy atom. The lowest BCUT2D eigenvalue weighted by Gasteiger charge is -2.14. The Labute approximate surface area is 118 Å². The van der Waals surface area contributed by atoms with Crippen molar-refractivity contribution in [2.24, 2.45) is 0 Å². The van der Waals surface area contributed by atoms with E-state index in [4.69, 9.17) is 0 Å². The minimum atomic E-state index is -3.14. The van der Waals surface area contributed by atoms with Crippen molar-refractivity contribution >= 4 is 9.84 Å². The summed E-state index contributed by atoms with van der Waals surface area (Å²) in [6.45, 7) is 6.06. The second-order valence-electron chi connectivity index (χ2n) is 5.08. The molecule has 0 saturated heterocycles. The lowest BCUT2D eigenvalue weighted by Crippen LogP contribution is -2.19. The Balaban J connectivity index is 2.80. The van der Waals surface area contributed by atoms with Gasteiger partial charge < -0.3 is 0 Å². The van der Waals surface area contributed by atoms with Crippen molar-refractivity contribution < 1.29 is 8.42 Å². The van der Waals surface area contributed by atoms with E-state index in [-0.39, 0.29) is 5.25 Å². The minimum Gasteiger partial charge on any atom is -0.223 e. The summed E-state index contributed by atoms with van der Waals surface area (Å²) in [6.07, 6.45) is 6.01. The molecule has 0 heterocycles. The summed E-state index contributed by atoms with van der Waals surface area (Å²) in [5, 5.41) is -0.251. The molecule has 0 aliphatic rings. The second-order valence-corrected chi connectivity index (χ2v) is 7.31. The molecule has 0 unspecified atom stereocenters. The van der Waals surface area contributed by atoms with E-state index in [2.05, 4.69) is 6.92 Å². The smallest absolute Gasteiger partial charge is 0.181 e. The monoisotopic (exact) mass is 282 g/mol. The molecule has 2 nitrogen and oxygen atoms in total. The van der Waals surface area contributed by atoms with Crippen LogP contribution in [0.15, 0.2) is 29.2 Å². The maximum absolute atomic E-state index is 12.4. The summed E-state index contributed by atoms with van der Waals surface area (Å²) in [6, 6.07) is 7.47. The van der Waals surface area contributed by atoms with Gasteiger partial charge in [-0.2, -0.15) is 0 Å². The highest BCUT2D eigenvalue weighted by atomic mass is 32.2. The Hall–Kier alpha value is -0.830. The third-order valence-electron chi connectivity index (χ3n) is 3.67. The van der Waals surface area contributed by atoms with Crippen LogP contribution in [0.1, 0.15) is 58.4 Å². The molecule has 3 heteroatoms. The van der Waals surface area contributed by atoms with Crippen LogP contribution < -0.4 is 0 Å². The van der Waals surface area contributed by atoms with Crippen LogP contribution in [0, 0.1) is 0 Å². The van der Waals surface area contributed by atoms with Gasteiger partial charge in [0.1, 0.15) is 0 Å². The lowest BCUT2D eigenvalue weighted by molar-refractivity contribution is 0.571. The molecule has 1 aromatic rings. The van der Waals surface area contributed by atoms with Gasteiger partial charge in [-0.3, -0.25) is 0 Å². The van der Waals surface area contributed by atoms with Gasteiger partial charge in [0.25, 0.3) is 0 Å². The van der Waals surface area contributed by atoms with Crippen molar-refractivity contribution in [2.45, 2.75) is 69.4 Å². The summed E-state index contributed by atoms with van der Waals surface area (Å²) in [7, 11) is -3.14. The zero-order valence-electron chi connectivity index (χ0n) is 12.4. The summed E-state index contributed by atoms with van der Waals surface area (Å²) in [5.41, 5.74) is 1.23. The highest BCUT2D eigenvalue weighted by molar-refractivity contribution is 7.92. The third kappa shape index (κ3) is 4.34. The van der Waals surface area contributed by atoms with Gasteiger partial charge in [0.2, 0.25) is 0 Å². The first kappa shape index (κ1) is 16.2. The van der Waals surface area contributed by atoms with E-state index in [0.717, 1.165) is 6.42 Å². The maximum Gasteiger partial charge on any atom is 0.181 e. The van der Waals surface area contributed by atoms with E-state index in [0.29, 0.717) is 17.7 Å². The van der Waals surface area contributed by atoms with Crippen LogP contribution in [0.4, 0.5) is 0 Å². The predicted octanol–water partition coefficient (Wildman–Crippen LogP) is 4.38. The third-order valence-corrected chi connectivity index (χ3v) is 6.14. The molecule has 1 rings (SSSR count). The van der Waals surface area contributed by atoms with E-state index >= 15 is 0 Å². The largest absolute Gasteiger partial charge is 0.223 e. The van der Waals surface area contributed by atoms with Crippen molar-refractivity contribution in [3.63, 3.8) is 0 Å². The second kappa shape index (κ2) is 7.68. The molecule has 0 aromatic heterocycles. The van der Waals surface area contributed by atoms with E-state index < -0.39 is 9.84 Å². The van der Waals surface area contributed by atoms with Crippen LogP contribution in [-0.2, 0) is 16.3 Å². The summed E-state index contributed by atoms with van der Waals surface area (Å²) < 4.78 is 24.7. The average molecular weight is 282 g/mol. The lowest BCUT2D eigenvalue weighted by atomic mass is 10.1. The van der Waals surface area contributed by atoms with Crippen LogP contribution >= 0.6 is 0 Å². The van der Waals surface area contributed by atoms with Gasteiger partial charge in [0.15, 0.2) is 9.84 Å². The van der Waals surface area contributed by atoms with Crippen molar-refractivity contribution in [3.8, 4) is 0 Å². The molecular formula is C16H26O2S. The molecule has 108 valence electrons. The summed E-state index contributed by atoms with van der Waals surface area (Å²) >= 11 is 0. The minimum absolute atomic E-state index is 0.251. The molecule has 19 heavy (non-hydrogen) atoms. The number of hydrogen-bond acceptors (Lipinski definition) is 2. The van der Waals surface area contributed by atoms with Gasteiger partial charge in [-0.1, -0.05) is 45.7 Å². The maximum atomic E-state index is 12.4. The Morgan fingerprint density at radius 1 is 0.947 bits per heavy atom. The van der Waals surface area contributed by atoms with Crippen LogP contribution in [0.3, 0.4) is 0 Å². The Kier molecular flexibility index (Phi) is 6.56. The fourth-order valence-corrected chi connectivity index (χ4v) is 4.12. The molecule has 0 spiro atoms. The molecule has 0 atom stereocenters. The van der Waals surface area contributed by atoms with Crippen molar-refractivity contribution in [2.75, 3.05) is 0 Å². The first-order valence-electron chi connectivity index (χ1n) is 7.39. The molecule has 0 aliphatic heterocycles. The van der Waals surface area contributed by atoms with Crippen LogP contribution in [0.25, 0.3) is 0 Å². The van der Waals surface area contributed by atoms with E-state index in [1.165, 1.54) is 24.8 Å². The van der Waals surface area contributed by atoms with Gasteiger partial charge in [-0.05, 0) is 43.4 Å². The van der Waals surface area contributed by atoms with Gasteiger partial charge in [-0.15, -0.1) is 0 Å². The number of sulfone groups is 1. The Bertz CT molecular complexity index is 456. The van der Waals surface area contributed by atoms with E-state index in [1.54, 1.807) is 12.1 Å². The zero-order chi connectivity index (χ0) is 14.3. The fraction of sp³-hybridized carbons (Fsp3) is 0.625. The molecule has 0 bridgehead atoms. The zero-order valence-corrected chi connectivity index (χ0v) is 13.2. The van der Waals surface area contributed by atoms with Crippen molar-refractivity contribution in [1.82, 2.24) is 0 Å². The summed E-state index contributed by atoms with van der Waals surface area (Å²) in [5.74, 6) is 0. The first-order valence-corrected chi connectivity index (χ1v) is 8.93. The van der Waals surface area contributed by atoms with Crippen molar-refractivity contribution in [3.05, 3.63) is 29.8 Å². The van der Waals surface area contributed by atoms with Crippen LogP contribution in [-0.4, -0.2) is 13.7 Å². The average Bonchev–Trinajstić information content (AvgIpc) is 2.41. The van der Waals surface area contributed by atoms with Crippen LogP contribution in [0.5, 0.6) is 0 Å². The molecule has 0 saturated carbocycles. The highest BCUT2D eigenvalue weighted by Gasteiger charge is 2.23. The Morgan fingerprint density at radius 3 is 2.00 bits per heavy atom. The SMILES string of the molecule is CCCCCc1ccc(S(=O)(=O)C(CC)CC)cc1. The van der Waals surface area contributed by atoms with E-state index in [9.17, 15) is 8.42 Å².